The average Bonchev–Trinajstić information content (AvgIpc) is 2.67. The van der Waals surface area contributed by atoms with E-state index in [1.807, 2.05) is 24.3 Å². The first-order chi connectivity index (χ1) is 13.0. The minimum Gasteiger partial charge on any atom is -0.497 e. The second-order valence-electron chi connectivity index (χ2n) is 5.65. The van der Waals surface area contributed by atoms with Gasteiger partial charge < -0.3 is 14.8 Å². The number of rotatable bonds is 5. The Hall–Kier alpha value is -3.61. The number of nitrogens with one attached hydrogen (secondary N) is 2. The Balaban J connectivity index is 1.56. The number of anilines is 1. The van der Waals surface area contributed by atoms with E-state index >= 15 is 0 Å². The first-order valence-electron chi connectivity index (χ1n) is 8.11. The highest BCUT2D eigenvalue weighted by atomic mass is 19.1. The molecule has 0 unspecified atom stereocenters. The molecule has 138 valence electrons. The van der Waals surface area contributed by atoms with Crippen molar-refractivity contribution < 1.29 is 23.5 Å². The molecule has 7 heteroatoms. The highest BCUT2D eigenvalue weighted by Gasteiger charge is 2.11. The number of para-hydroxylation sites is 1. The van der Waals surface area contributed by atoms with Crippen molar-refractivity contribution in [3.8, 4) is 11.5 Å². The van der Waals surface area contributed by atoms with Gasteiger partial charge in [-0.3, -0.25) is 10.1 Å². The maximum absolute atomic E-state index is 13.5. The molecule has 3 rings (SSSR count). The van der Waals surface area contributed by atoms with Crippen LogP contribution in [0.3, 0.4) is 0 Å². The minimum atomic E-state index is -0.836. The third-order valence-corrected chi connectivity index (χ3v) is 3.76. The van der Waals surface area contributed by atoms with E-state index in [0.29, 0.717) is 11.5 Å². The molecule has 0 aliphatic carbocycles. The summed E-state index contributed by atoms with van der Waals surface area (Å²) >= 11 is 0. The molecule has 0 heterocycles. The van der Waals surface area contributed by atoms with E-state index in [1.54, 1.807) is 25.3 Å². The molecule has 0 aliphatic heterocycles. The zero-order valence-electron chi connectivity index (χ0n) is 14.5. The lowest BCUT2D eigenvalue weighted by Crippen LogP contribution is -2.37. The van der Waals surface area contributed by atoms with Gasteiger partial charge in [0.25, 0.3) is 5.91 Å². The van der Waals surface area contributed by atoms with Gasteiger partial charge in [0.2, 0.25) is 0 Å². The third kappa shape index (κ3) is 4.72. The topological polar surface area (TPSA) is 76.7 Å². The van der Waals surface area contributed by atoms with Crippen LogP contribution >= 0.6 is 0 Å². The van der Waals surface area contributed by atoms with Crippen molar-refractivity contribution in [1.82, 2.24) is 5.32 Å². The molecule has 3 aromatic carbocycles. The van der Waals surface area contributed by atoms with E-state index < -0.39 is 17.8 Å². The summed E-state index contributed by atoms with van der Waals surface area (Å²) in [4.78, 5) is 23.6. The van der Waals surface area contributed by atoms with Crippen LogP contribution in [0.5, 0.6) is 11.5 Å². The Labute approximate surface area is 154 Å². The summed E-state index contributed by atoms with van der Waals surface area (Å²) in [6, 6.07) is 15.8. The van der Waals surface area contributed by atoms with Gasteiger partial charge in [-0.1, -0.05) is 24.3 Å². The van der Waals surface area contributed by atoms with Crippen molar-refractivity contribution in [2.45, 2.75) is 0 Å². The third-order valence-electron chi connectivity index (χ3n) is 3.76. The van der Waals surface area contributed by atoms with Crippen LogP contribution in [0.2, 0.25) is 0 Å². The molecule has 27 heavy (non-hydrogen) atoms. The number of carbonyl (C=O) groups is 2. The summed E-state index contributed by atoms with van der Waals surface area (Å²) in [5.74, 6) is -0.0693. The summed E-state index contributed by atoms with van der Waals surface area (Å²) in [6.45, 7) is -0.361. The Bertz CT molecular complexity index is 991. The van der Waals surface area contributed by atoms with Crippen LogP contribution in [0, 0.1) is 5.82 Å². The van der Waals surface area contributed by atoms with Crippen LogP contribution in [0.1, 0.15) is 0 Å². The fourth-order valence-electron chi connectivity index (χ4n) is 2.45. The van der Waals surface area contributed by atoms with Gasteiger partial charge in [-0.15, -0.1) is 0 Å². The normalized spacial score (nSPS) is 10.3. The first kappa shape index (κ1) is 18.2. The predicted octanol–water partition coefficient (Wildman–Crippen LogP) is 3.71. The summed E-state index contributed by atoms with van der Waals surface area (Å²) in [7, 11) is 1.58. The van der Waals surface area contributed by atoms with Gasteiger partial charge in [-0.25, -0.2) is 9.18 Å². The smallest absolute Gasteiger partial charge is 0.326 e. The van der Waals surface area contributed by atoms with Crippen molar-refractivity contribution in [2.24, 2.45) is 0 Å². The molecule has 0 fully saturated rings. The number of hydrogen-bond donors (Lipinski definition) is 2. The number of amides is 3. The number of carbonyl (C=O) groups excluding carboxylic acids is 2. The Morgan fingerprint density at radius 1 is 0.963 bits per heavy atom. The lowest BCUT2D eigenvalue weighted by molar-refractivity contribution is -0.121. The number of methoxy groups -OCH3 is 1. The Morgan fingerprint density at radius 2 is 1.67 bits per heavy atom. The zero-order valence-corrected chi connectivity index (χ0v) is 14.5. The predicted molar refractivity (Wildman–Crippen MR) is 99.6 cm³/mol. The Morgan fingerprint density at radius 3 is 2.41 bits per heavy atom. The van der Waals surface area contributed by atoms with Crippen molar-refractivity contribution in [1.29, 1.82) is 0 Å². The summed E-state index contributed by atoms with van der Waals surface area (Å²) in [5.41, 5.74) is -0.0211. The first-order valence-corrected chi connectivity index (χ1v) is 8.11. The van der Waals surface area contributed by atoms with Gasteiger partial charge >= 0.3 is 6.03 Å². The second kappa shape index (κ2) is 8.18. The van der Waals surface area contributed by atoms with E-state index in [-0.39, 0.29) is 12.3 Å². The van der Waals surface area contributed by atoms with Gasteiger partial charge in [0.05, 0.1) is 12.8 Å². The lowest BCUT2D eigenvalue weighted by Gasteiger charge is -2.09. The van der Waals surface area contributed by atoms with E-state index in [0.717, 1.165) is 10.8 Å². The molecule has 3 aromatic rings. The Kier molecular flexibility index (Phi) is 5.51. The van der Waals surface area contributed by atoms with Gasteiger partial charge in [-0.05, 0) is 47.2 Å². The van der Waals surface area contributed by atoms with Gasteiger partial charge in [0.15, 0.2) is 6.61 Å². The van der Waals surface area contributed by atoms with Crippen LogP contribution < -0.4 is 20.1 Å². The molecule has 0 aliphatic rings. The maximum atomic E-state index is 13.5. The molecular weight excluding hydrogens is 351 g/mol. The largest absolute Gasteiger partial charge is 0.497 e. The van der Waals surface area contributed by atoms with Crippen molar-refractivity contribution in [3.63, 3.8) is 0 Å². The van der Waals surface area contributed by atoms with E-state index in [2.05, 4.69) is 10.6 Å². The van der Waals surface area contributed by atoms with Gasteiger partial charge in [0, 0.05) is 0 Å². The molecule has 2 N–H and O–H groups in total. The van der Waals surface area contributed by atoms with E-state index in [9.17, 15) is 14.0 Å². The molecule has 0 radical (unpaired) electrons. The fourth-order valence-corrected chi connectivity index (χ4v) is 2.45. The monoisotopic (exact) mass is 368 g/mol. The van der Waals surface area contributed by atoms with E-state index in [1.165, 1.54) is 18.2 Å². The van der Waals surface area contributed by atoms with Crippen LogP contribution in [0.15, 0.2) is 60.7 Å². The standard InChI is InChI=1S/C20H17FN2O4/c1-26-15-8-6-13-7-9-16(11-14(13)10-15)27-12-19(24)23-20(25)22-18-5-3-2-4-17(18)21/h2-11H,12H2,1H3,(H2,22,23,24,25). The molecule has 0 saturated carbocycles. The number of imide groups is 1. The highest BCUT2D eigenvalue weighted by molar-refractivity contribution is 6.01. The molecule has 0 aromatic heterocycles. The SMILES string of the molecule is COc1ccc2ccc(OCC(=O)NC(=O)Nc3ccccc3F)cc2c1. The number of halogens is 1. The summed E-state index contributed by atoms with van der Waals surface area (Å²) in [5, 5.41) is 6.23. The average molecular weight is 368 g/mol. The molecule has 6 nitrogen and oxygen atoms in total. The lowest BCUT2D eigenvalue weighted by atomic mass is 10.1. The van der Waals surface area contributed by atoms with Crippen LogP contribution in [0.4, 0.5) is 14.9 Å². The number of urea groups is 1. The molecule has 0 spiro atoms. The summed E-state index contributed by atoms with van der Waals surface area (Å²) in [6.07, 6.45) is 0. The van der Waals surface area contributed by atoms with Crippen LogP contribution in [-0.2, 0) is 4.79 Å². The fraction of sp³-hybridized carbons (Fsp3) is 0.100. The molecule has 0 saturated heterocycles. The van der Waals surface area contributed by atoms with Crippen LogP contribution in [-0.4, -0.2) is 25.7 Å². The summed E-state index contributed by atoms with van der Waals surface area (Å²) < 4.78 is 24.1. The van der Waals surface area contributed by atoms with E-state index in [4.69, 9.17) is 9.47 Å². The minimum absolute atomic E-state index is 0.0211. The number of ether oxygens (including phenoxy) is 2. The van der Waals surface area contributed by atoms with Crippen molar-refractivity contribution in [3.05, 3.63) is 66.5 Å². The zero-order chi connectivity index (χ0) is 19.2. The highest BCUT2D eigenvalue weighted by Crippen LogP contribution is 2.24. The van der Waals surface area contributed by atoms with Crippen LogP contribution in [0.25, 0.3) is 10.8 Å². The molecule has 3 amide bonds. The van der Waals surface area contributed by atoms with Gasteiger partial charge in [-0.2, -0.15) is 0 Å². The number of hydrogen-bond acceptors (Lipinski definition) is 4. The quantitative estimate of drug-likeness (QED) is 0.720. The van der Waals surface area contributed by atoms with Gasteiger partial charge in [0.1, 0.15) is 17.3 Å². The second-order valence-corrected chi connectivity index (χ2v) is 5.65. The van der Waals surface area contributed by atoms with Crippen molar-refractivity contribution >= 4 is 28.4 Å². The number of fused-ring (bicyclic) bond motifs is 1. The number of benzene rings is 3. The molecule has 0 atom stereocenters. The molecular formula is C20H17FN2O4. The maximum Gasteiger partial charge on any atom is 0.326 e. The molecule has 0 bridgehead atoms. The van der Waals surface area contributed by atoms with Crippen molar-refractivity contribution in [2.75, 3.05) is 19.0 Å².